The zero-order valence-corrected chi connectivity index (χ0v) is 12.5. The highest BCUT2D eigenvalue weighted by Crippen LogP contribution is 2.29. The minimum atomic E-state index is -1.04. The molecule has 1 aliphatic heterocycles. The fourth-order valence-electron chi connectivity index (χ4n) is 2.88. The van der Waals surface area contributed by atoms with Crippen LogP contribution in [0.3, 0.4) is 0 Å². The van der Waals surface area contributed by atoms with Gasteiger partial charge in [-0.15, -0.1) is 0 Å². The highest BCUT2D eigenvalue weighted by molar-refractivity contribution is 5.30. The molecule has 1 saturated heterocycles. The summed E-state index contributed by atoms with van der Waals surface area (Å²) in [5, 5.41) is 3.30. The molecule has 23 heavy (non-hydrogen) atoms. The summed E-state index contributed by atoms with van der Waals surface area (Å²) in [6.45, 7) is 1.88. The average Bonchev–Trinajstić information content (AvgIpc) is 2.55. The first-order chi connectivity index (χ1) is 11.1. The van der Waals surface area contributed by atoms with Crippen molar-refractivity contribution in [3.05, 3.63) is 59.2 Å². The van der Waals surface area contributed by atoms with E-state index in [0.717, 1.165) is 37.1 Å². The Morgan fingerprint density at radius 1 is 1.13 bits per heavy atom. The lowest BCUT2D eigenvalue weighted by Crippen LogP contribution is -2.27. The molecule has 1 aliphatic rings. The summed E-state index contributed by atoms with van der Waals surface area (Å²) >= 11 is 0. The van der Waals surface area contributed by atoms with Gasteiger partial charge in [0.2, 0.25) is 0 Å². The first-order valence-electron chi connectivity index (χ1n) is 7.56. The number of rotatable bonds is 4. The SMILES string of the molecule is Fc1cc(F)c(OCc2ccncc2C2CCNCC2)c(F)c1. The number of piperidine rings is 1. The maximum Gasteiger partial charge on any atom is 0.191 e. The van der Waals surface area contributed by atoms with Gasteiger partial charge in [-0.3, -0.25) is 4.98 Å². The third-order valence-electron chi connectivity index (χ3n) is 4.06. The van der Waals surface area contributed by atoms with Gasteiger partial charge in [-0.1, -0.05) is 0 Å². The van der Waals surface area contributed by atoms with Crippen LogP contribution in [0, 0.1) is 17.5 Å². The van der Waals surface area contributed by atoms with Crippen molar-refractivity contribution in [3.8, 4) is 5.75 Å². The lowest BCUT2D eigenvalue weighted by atomic mass is 9.88. The predicted molar refractivity (Wildman–Crippen MR) is 79.7 cm³/mol. The van der Waals surface area contributed by atoms with Crippen molar-refractivity contribution >= 4 is 0 Å². The van der Waals surface area contributed by atoms with Crippen molar-refractivity contribution < 1.29 is 17.9 Å². The number of nitrogens with one attached hydrogen (secondary N) is 1. The number of ether oxygens (including phenoxy) is 1. The molecule has 1 N–H and O–H groups in total. The third kappa shape index (κ3) is 3.64. The molecule has 0 radical (unpaired) electrons. The summed E-state index contributed by atoms with van der Waals surface area (Å²) in [4.78, 5) is 4.15. The fourth-order valence-corrected chi connectivity index (χ4v) is 2.88. The molecule has 1 aromatic carbocycles. The van der Waals surface area contributed by atoms with E-state index in [-0.39, 0.29) is 6.61 Å². The smallest absolute Gasteiger partial charge is 0.191 e. The van der Waals surface area contributed by atoms with Crippen LogP contribution in [0.5, 0.6) is 5.75 Å². The van der Waals surface area contributed by atoms with Gasteiger partial charge in [0.1, 0.15) is 12.4 Å². The summed E-state index contributed by atoms with van der Waals surface area (Å²) < 4.78 is 45.5. The number of benzene rings is 1. The van der Waals surface area contributed by atoms with Crippen molar-refractivity contribution in [1.29, 1.82) is 0 Å². The van der Waals surface area contributed by atoms with Gasteiger partial charge in [-0.05, 0) is 49.0 Å². The van der Waals surface area contributed by atoms with Crippen LogP contribution in [0.1, 0.15) is 29.9 Å². The predicted octanol–water partition coefficient (Wildman–Crippen LogP) is 3.54. The van der Waals surface area contributed by atoms with E-state index in [1.54, 1.807) is 18.5 Å². The molecule has 0 saturated carbocycles. The standard InChI is InChI=1S/C17H17F3N2O/c18-13-7-15(19)17(16(20)8-13)23-10-12-3-6-22-9-14(12)11-1-4-21-5-2-11/h3,6-9,11,21H,1-2,4-5,10H2. The van der Waals surface area contributed by atoms with Gasteiger partial charge >= 0.3 is 0 Å². The number of nitrogens with zero attached hydrogens (tertiary/aromatic N) is 1. The quantitative estimate of drug-likeness (QED) is 0.935. The van der Waals surface area contributed by atoms with Gasteiger partial charge in [0.15, 0.2) is 17.4 Å². The molecule has 0 atom stereocenters. The summed E-state index contributed by atoms with van der Waals surface area (Å²) in [6.07, 6.45) is 5.38. The van der Waals surface area contributed by atoms with E-state index in [4.69, 9.17) is 4.74 Å². The molecule has 2 aromatic rings. The first kappa shape index (κ1) is 15.8. The minimum absolute atomic E-state index is 0.0151. The fraction of sp³-hybridized carbons (Fsp3) is 0.353. The number of hydrogen-bond acceptors (Lipinski definition) is 3. The van der Waals surface area contributed by atoms with E-state index >= 15 is 0 Å². The molecule has 0 spiro atoms. The second-order valence-corrected chi connectivity index (χ2v) is 5.59. The van der Waals surface area contributed by atoms with E-state index in [2.05, 4.69) is 10.3 Å². The molecule has 0 amide bonds. The normalized spacial score (nSPS) is 15.6. The largest absolute Gasteiger partial charge is 0.483 e. The Bertz CT molecular complexity index is 664. The maximum absolute atomic E-state index is 13.6. The third-order valence-corrected chi connectivity index (χ3v) is 4.06. The molecular formula is C17H17F3N2O. The Hall–Kier alpha value is -2.08. The van der Waals surface area contributed by atoms with Gasteiger partial charge in [0.05, 0.1) is 0 Å². The number of halogens is 3. The summed E-state index contributed by atoms with van der Waals surface area (Å²) in [5.41, 5.74) is 1.88. The van der Waals surface area contributed by atoms with Crippen LogP contribution >= 0.6 is 0 Å². The van der Waals surface area contributed by atoms with Crippen molar-refractivity contribution in [1.82, 2.24) is 10.3 Å². The number of aromatic nitrogens is 1. The van der Waals surface area contributed by atoms with Gasteiger partial charge in [-0.2, -0.15) is 0 Å². The van der Waals surface area contributed by atoms with Gasteiger partial charge in [0.25, 0.3) is 0 Å². The van der Waals surface area contributed by atoms with Crippen molar-refractivity contribution in [2.75, 3.05) is 13.1 Å². The number of pyridine rings is 1. The van der Waals surface area contributed by atoms with Crippen LogP contribution in [0.4, 0.5) is 13.2 Å². The molecule has 2 heterocycles. The Balaban J connectivity index is 1.79. The Morgan fingerprint density at radius 3 is 2.52 bits per heavy atom. The van der Waals surface area contributed by atoms with E-state index in [1.807, 2.05) is 0 Å². The van der Waals surface area contributed by atoms with E-state index in [9.17, 15) is 13.2 Å². The van der Waals surface area contributed by atoms with Gasteiger partial charge in [0, 0.05) is 24.5 Å². The lowest BCUT2D eigenvalue weighted by molar-refractivity contribution is 0.270. The van der Waals surface area contributed by atoms with Crippen LogP contribution in [-0.2, 0) is 6.61 Å². The molecule has 0 unspecified atom stereocenters. The highest BCUT2D eigenvalue weighted by atomic mass is 19.1. The molecule has 122 valence electrons. The average molecular weight is 322 g/mol. The summed E-state index contributed by atoms with van der Waals surface area (Å²) in [6, 6.07) is 3.01. The lowest BCUT2D eigenvalue weighted by Gasteiger charge is -2.24. The zero-order chi connectivity index (χ0) is 16.2. The maximum atomic E-state index is 13.6. The summed E-state index contributed by atoms with van der Waals surface area (Å²) in [5.74, 6) is -3.25. The van der Waals surface area contributed by atoms with Crippen LogP contribution in [0.25, 0.3) is 0 Å². The molecule has 0 aliphatic carbocycles. The van der Waals surface area contributed by atoms with Crippen LogP contribution in [-0.4, -0.2) is 18.1 Å². The molecule has 0 bridgehead atoms. The van der Waals surface area contributed by atoms with Crippen molar-refractivity contribution in [2.24, 2.45) is 0 Å². The zero-order valence-electron chi connectivity index (χ0n) is 12.5. The molecule has 3 rings (SSSR count). The van der Waals surface area contributed by atoms with E-state index in [0.29, 0.717) is 18.1 Å². The Labute approximate surface area is 132 Å². The van der Waals surface area contributed by atoms with Crippen LogP contribution in [0.2, 0.25) is 0 Å². The van der Waals surface area contributed by atoms with E-state index in [1.165, 1.54) is 0 Å². The van der Waals surface area contributed by atoms with Crippen molar-refractivity contribution in [2.45, 2.75) is 25.4 Å². The van der Waals surface area contributed by atoms with Crippen molar-refractivity contribution in [3.63, 3.8) is 0 Å². The molecule has 1 fully saturated rings. The van der Waals surface area contributed by atoms with E-state index < -0.39 is 23.2 Å². The minimum Gasteiger partial charge on any atom is -0.483 e. The van der Waals surface area contributed by atoms with Gasteiger partial charge in [-0.25, -0.2) is 13.2 Å². The second kappa shape index (κ2) is 7.00. The molecule has 1 aromatic heterocycles. The van der Waals surface area contributed by atoms with Gasteiger partial charge < -0.3 is 10.1 Å². The molecule has 6 heteroatoms. The Kier molecular flexibility index (Phi) is 4.81. The number of hydrogen-bond donors (Lipinski definition) is 1. The molecule has 3 nitrogen and oxygen atoms in total. The highest BCUT2D eigenvalue weighted by Gasteiger charge is 2.19. The van der Waals surface area contributed by atoms with Crippen LogP contribution < -0.4 is 10.1 Å². The molecular weight excluding hydrogens is 305 g/mol. The second-order valence-electron chi connectivity index (χ2n) is 5.59. The Morgan fingerprint density at radius 2 is 1.83 bits per heavy atom. The first-order valence-corrected chi connectivity index (χ1v) is 7.56. The van der Waals surface area contributed by atoms with Crippen LogP contribution in [0.15, 0.2) is 30.6 Å². The monoisotopic (exact) mass is 322 g/mol. The summed E-state index contributed by atoms with van der Waals surface area (Å²) in [7, 11) is 0. The topological polar surface area (TPSA) is 34.1 Å².